The Morgan fingerprint density at radius 1 is 1.41 bits per heavy atom. The van der Waals surface area contributed by atoms with Gasteiger partial charge in [0, 0.05) is 5.57 Å². The Morgan fingerprint density at radius 2 is 2.24 bits per heavy atom. The molecule has 1 saturated heterocycles. The van der Waals surface area contributed by atoms with Crippen molar-refractivity contribution in [1.82, 2.24) is 0 Å². The first-order valence-corrected chi connectivity index (χ1v) is 6.71. The van der Waals surface area contributed by atoms with Crippen molar-refractivity contribution in [2.24, 2.45) is 5.92 Å². The maximum absolute atomic E-state index is 11.3. The molecule has 1 saturated carbocycles. The number of carbonyl (C=O) groups is 1. The number of carbonyl (C=O) groups excluding carboxylic acids is 1. The molecule has 0 aromatic carbocycles. The number of hydrogen-bond acceptors (Lipinski definition) is 3. The van der Waals surface area contributed by atoms with E-state index in [0.29, 0.717) is 24.4 Å². The van der Waals surface area contributed by atoms with Crippen LogP contribution in [0.25, 0.3) is 0 Å². The van der Waals surface area contributed by atoms with Gasteiger partial charge in [-0.25, -0.2) is 4.79 Å². The van der Waals surface area contributed by atoms with E-state index in [1.54, 1.807) is 0 Å². The minimum absolute atomic E-state index is 0.235. The van der Waals surface area contributed by atoms with Crippen LogP contribution in [0.2, 0.25) is 0 Å². The van der Waals surface area contributed by atoms with E-state index in [4.69, 9.17) is 9.47 Å². The molecule has 2 aliphatic rings. The van der Waals surface area contributed by atoms with Gasteiger partial charge in [0.2, 0.25) is 0 Å². The van der Waals surface area contributed by atoms with Gasteiger partial charge in [-0.3, -0.25) is 0 Å². The van der Waals surface area contributed by atoms with Crippen molar-refractivity contribution in [3.8, 4) is 0 Å². The highest BCUT2D eigenvalue weighted by atomic mass is 16.6. The highest BCUT2D eigenvalue weighted by molar-refractivity contribution is 5.87. The van der Waals surface area contributed by atoms with Gasteiger partial charge in [0.25, 0.3) is 0 Å². The predicted molar refractivity (Wildman–Crippen MR) is 65.6 cm³/mol. The zero-order chi connectivity index (χ0) is 12.3. The number of fused-ring (bicyclic) bond motifs is 1. The summed E-state index contributed by atoms with van der Waals surface area (Å²) in [5.74, 6) is 0.551. The molecule has 0 spiro atoms. The summed E-state index contributed by atoms with van der Waals surface area (Å²) in [4.78, 5) is 11.3. The van der Waals surface area contributed by atoms with Crippen molar-refractivity contribution in [3.05, 3.63) is 12.2 Å². The Kier molecular flexibility index (Phi) is 4.21. The third-order valence-corrected chi connectivity index (χ3v) is 3.77. The van der Waals surface area contributed by atoms with E-state index in [2.05, 4.69) is 6.58 Å². The quantitative estimate of drug-likeness (QED) is 0.406. The predicted octanol–water partition coefficient (Wildman–Crippen LogP) is 2.84. The van der Waals surface area contributed by atoms with Crippen molar-refractivity contribution < 1.29 is 14.3 Å². The highest BCUT2D eigenvalue weighted by Gasteiger charge is 2.43. The normalized spacial score (nSPS) is 30.5. The van der Waals surface area contributed by atoms with Gasteiger partial charge < -0.3 is 9.47 Å². The average molecular weight is 238 g/mol. The van der Waals surface area contributed by atoms with Gasteiger partial charge in [0.05, 0.1) is 18.8 Å². The zero-order valence-electron chi connectivity index (χ0n) is 10.6. The number of hydrogen-bond donors (Lipinski definition) is 0. The summed E-state index contributed by atoms with van der Waals surface area (Å²) in [5.41, 5.74) is 0.614. The second-order valence-electron chi connectivity index (χ2n) is 5.11. The van der Waals surface area contributed by atoms with Crippen molar-refractivity contribution in [2.75, 3.05) is 6.61 Å². The molecule has 17 heavy (non-hydrogen) atoms. The van der Waals surface area contributed by atoms with Gasteiger partial charge in [-0.15, -0.1) is 0 Å². The smallest absolute Gasteiger partial charge is 0.333 e. The summed E-state index contributed by atoms with van der Waals surface area (Å²) < 4.78 is 10.4. The fourth-order valence-corrected chi connectivity index (χ4v) is 2.69. The summed E-state index contributed by atoms with van der Waals surface area (Å²) in [6, 6.07) is 0. The fourth-order valence-electron chi connectivity index (χ4n) is 2.69. The number of esters is 1. The van der Waals surface area contributed by atoms with E-state index in [-0.39, 0.29) is 5.97 Å². The molecular formula is C14H22O3. The second-order valence-corrected chi connectivity index (χ2v) is 5.11. The van der Waals surface area contributed by atoms with Gasteiger partial charge in [-0.1, -0.05) is 13.0 Å². The first-order chi connectivity index (χ1) is 8.20. The van der Waals surface area contributed by atoms with E-state index in [1.807, 2.05) is 6.92 Å². The van der Waals surface area contributed by atoms with Crippen LogP contribution >= 0.6 is 0 Å². The molecular weight excluding hydrogens is 216 g/mol. The maximum atomic E-state index is 11.3. The summed E-state index contributed by atoms with van der Waals surface area (Å²) in [5, 5.41) is 0. The maximum Gasteiger partial charge on any atom is 0.333 e. The summed E-state index contributed by atoms with van der Waals surface area (Å²) in [6.07, 6.45) is 7.87. The summed E-state index contributed by atoms with van der Waals surface area (Å²) >= 11 is 0. The zero-order valence-corrected chi connectivity index (χ0v) is 10.6. The molecule has 0 N–H and O–H groups in total. The van der Waals surface area contributed by atoms with Crippen molar-refractivity contribution >= 4 is 5.97 Å². The largest absolute Gasteiger partial charge is 0.463 e. The Balaban J connectivity index is 1.58. The minimum atomic E-state index is -0.235. The molecule has 1 aliphatic carbocycles. The van der Waals surface area contributed by atoms with E-state index < -0.39 is 0 Å². The molecule has 0 radical (unpaired) electrons. The third-order valence-electron chi connectivity index (χ3n) is 3.77. The number of ether oxygens (including phenoxy) is 2. The minimum Gasteiger partial charge on any atom is -0.463 e. The Hall–Kier alpha value is -0.830. The van der Waals surface area contributed by atoms with E-state index >= 15 is 0 Å². The van der Waals surface area contributed by atoms with E-state index in [1.165, 1.54) is 25.7 Å². The molecule has 3 atom stereocenters. The molecule has 0 aromatic heterocycles. The average Bonchev–Trinajstić information content (AvgIpc) is 3.07. The van der Waals surface area contributed by atoms with Crippen LogP contribution in [0.3, 0.4) is 0 Å². The van der Waals surface area contributed by atoms with Gasteiger partial charge in [-0.05, 0) is 44.9 Å². The molecule has 1 heterocycles. The second kappa shape index (κ2) is 5.67. The third kappa shape index (κ3) is 3.56. The monoisotopic (exact) mass is 238 g/mol. The molecule has 1 aliphatic heterocycles. The van der Waals surface area contributed by atoms with Gasteiger partial charge in [0.1, 0.15) is 0 Å². The Labute approximate surface area is 103 Å². The van der Waals surface area contributed by atoms with Crippen LogP contribution < -0.4 is 0 Å². The lowest BCUT2D eigenvalue weighted by atomic mass is 9.85. The van der Waals surface area contributed by atoms with Crippen LogP contribution in [-0.4, -0.2) is 24.8 Å². The van der Waals surface area contributed by atoms with E-state index in [9.17, 15) is 4.79 Å². The van der Waals surface area contributed by atoms with Crippen molar-refractivity contribution in [1.29, 1.82) is 0 Å². The molecule has 3 unspecified atom stereocenters. The molecule has 3 heteroatoms. The Morgan fingerprint density at radius 3 is 2.94 bits per heavy atom. The Bertz CT molecular complexity index is 298. The molecule has 2 rings (SSSR count). The van der Waals surface area contributed by atoms with Gasteiger partial charge in [0.15, 0.2) is 0 Å². The molecule has 96 valence electrons. The summed E-state index contributed by atoms with van der Waals surface area (Å²) in [7, 11) is 0. The molecule has 0 aromatic rings. The lowest BCUT2D eigenvalue weighted by Crippen LogP contribution is -2.13. The SMILES string of the molecule is C=C(CCCC1CCC2OC2C1)C(=O)OCC. The standard InChI is InChI=1S/C14H22O3/c1-3-16-14(15)10(2)5-4-6-11-7-8-12-13(9-11)17-12/h11-13H,2-9H2,1H3. The van der Waals surface area contributed by atoms with Crippen LogP contribution in [0.1, 0.15) is 45.4 Å². The fraction of sp³-hybridized carbons (Fsp3) is 0.786. The van der Waals surface area contributed by atoms with Gasteiger partial charge >= 0.3 is 5.97 Å². The van der Waals surface area contributed by atoms with Crippen LogP contribution in [0, 0.1) is 5.92 Å². The van der Waals surface area contributed by atoms with Crippen molar-refractivity contribution in [3.63, 3.8) is 0 Å². The molecule has 2 fully saturated rings. The van der Waals surface area contributed by atoms with Crippen LogP contribution in [0.5, 0.6) is 0 Å². The molecule has 0 bridgehead atoms. The first-order valence-electron chi connectivity index (χ1n) is 6.71. The first kappa shape index (κ1) is 12.6. The molecule has 3 nitrogen and oxygen atoms in total. The van der Waals surface area contributed by atoms with Crippen LogP contribution in [0.4, 0.5) is 0 Å². The van der Waals surface area contributed by atoms with Crippen molar-refractivity contribution in [2.45, 2.75) is 57.7 Å². The highest BCUT2D eigenvalue weighted by Crippen LogP contribution is 2.41. The number of epoxide rings is 1. The van der Waals surface area contributed by atoms with E-state index in [0.717, 1.165) is 18.8 Å². The number of rotatable bonds is 6. The molecule has 0 amide bonds. The van der Waals surface area contributed by atoms with Crippen LogP contribution in [-0.2, 0) is 14.3 Å². The van der Waals surface area contributed by atoms with Gasteiger partial charge in [-0.2, -0.15) is 0 Å². The topological polar surface area (TPSA) is 38.8 Å². The lowest BCUT2D eigenvalue weighted by molar-refractivity contribution is -0.138. The lowest BCUT2D eigenvalue weighted by Gasteiger charge is -2.18. The van der Waals surface area contributed by atoms with Crippen LogP contribution in [0.15, 0.2) is 12.2 Å². The summed E-state index contributed by atoms with van der Waals surface area (Å²) in [6.45, 7) is 6.03.